The van der Waals surface area contributed by atoms with Gasteiger partial charge in [0, 0.05) is 0 Å². The first-order valence-corrected chi connectivity index (χ1v) is 7.80. The van der Waals surface area contributed by atoms with Crippen molar-refractivity contribution < 1.29 is 29.1 Å². The van der Waals surface area contributed by atoms with E-state index >= 15 is 0 Å². The molecule has 6 heteroatoms. The molecule has 0 saturated carbocycles. The number of quaternary nitrogens is 2. The minimum absolute atomic E-state index is 0.239. The highest BCUT2D eigenvalue weighted by atomic mass is 16.5. The lowest BCUT2D eigenvalue weighted by Gasteiger charge is -2.28. The molecule has 22 heavy (non-hydrogen) atoms. The van der Waals surface area contributed by atoms with Gasteiger partial charge in [-0.15, -0.1) is 0 Å². The van der Waals surface area contributed by atoms with Crippen LogP contribution in [0.15, 0.2) is 18.2 Å². The van der Waals surface area contributed by atoms with Crippen molar-refractivity contribution in [2.45, 2.75) is 6.10 Å². The van der Waals surface area contributed by atoms with Gasteiger partial charge in [-0.2, -0.15) is 0 Å². The van der Waals surface area contributed by atoms with Gasteiger partial charge >= 0.3 is 0 Å². The van der Waals surface area contributed by atoms with Crippen LogP contribution in [0.1, 0.15) is 0 Å². The quantitative estimate of drug-likeness (QED) is 0.538. The number of hydrogen-bond acceptors (Lipinski definition) is 4. The van der Waals surface area contributed by atoms with Crippen LogP contribution in [0.25, 0.3) is 0 Å². The lowest BCUT2D eigenvalue weighted by atomic mass is 10.2. The number of hydrogen-bond donors (Lipinski definition) is 3. The maximum Gasteiger partial charge on any atom is 0.203 e. The Morgan fingerprint density at radius 2 is 1.68 bits per heavy atom. The van der Waals surface area contributed by atoms with E-state index in [1.807, 2.05) is 18.2 Å². The van der Waals surface area contributed by atoms with E-state index in [2.05, 4.69) is 7.05 Å². The molecule has 0 spiro atoms. The summed E-state index contributed by atoms with van der Waals surface area (Å²) in [5, 5.41) is 10.2. The lowest BCUT2D eigenvalue weighted by Crippen LogP contribution is -3.27. The van der Waals surface area contributed by atoms with Crippen LogP contribution in [-0.2, 0) is 0 Å². The Kier molecular flexibility index (Phi) is 6.30. The molecule has 1 saturated heterocycles. The zero-order chi connectivity index (χ0) is 15.9. The topological polar surface area (TPSA) is 56.8 Å². The average molecular weight is 312 g/mol. The van der Waals surface area contributed by atoms with Crippen LogP contribution in [0.5, 0.6) is 17.2 Å². The van der Waals surface area contributed by atoms with Crippen molar-refractivity contribution in [2.75, 3.05) is 60.6 Å². The molecule has 1 aliphatic heterocycles. The Bertz CT molecular complexity index is 439. The second-order valence-electron chi connectivity index (χ2n) is 5.87. The number of rotatable bonds is 7. The molecule has 0 amide bonds. The van der Waals surface area contributed by atoms with E-state index in [-0.39, 0.29) is 6.61 Å². The summed E-state index contributed by atoms with van der Waals surface area (Å²) in [6.07, 6.45) is -0.497. The van der Waals surface area contributed by atoms with Crippen LogP contribution in [0, 0.1) is 0 Å². The Labute approximate surface area is 132 Å². The molecule has 1 aromatic rings. The monoisotopic (exact) mass is 312 g/mol. The van der Waals surface area contributed by atoms with Crippen molar-refractivity contribution in [1.29, 1.82) is 0 Å². The highest BCUT2D eigenvalue weighted by Gasteiger charge is 2.23. The molecule has 124 valence electrons. The van der Waals surface area contributed by atoms with Crippen LogP contribution in [0.4, 0.5) is 0 Å². The first-order valence-electron chi connectivity index (χ1n) is 7.80. The third-order valence-electron chi connectivity index (χ3n) is 4.14. The van der Waals surface area contributed by atoms with E-state index in [4.69, 9.17) is 14.2 Å². The summed E-state index contributed by atoms with van der Waals surface area (Å²) < 4.78 is 16.3. The van der Waals surface area contributed by atoms with E-state index in [0.29, 0.717) is 23.8 Å². The zero-order valence-corrected chi connectivity index (χ0v) is 13.7. The number of ether oxygens (including phenoxy) is 3. The van der Waals surface area contributed by atoms with Gasteiger partial charge in [0.1, 0.15) is 45.4 Å². The lowest BCUT2D eigenvalue weighted by molar-refractivity contribution is -1.00. The van der Waals surface area contributed by atoms with E-state index in [1.54, 1.807) is 19.1 Å². The Morgan fingerprint density at radius 3 is 2.23 bits per heavy atom. The van der Waals surface area contributed by atoms with Gasteiger partial charge in [-0.05, 0) is 12.1 Å². The summed E-state index contributed by atoms with van der Waals surface area (Å²) in [7, 11) is 5.40. The summed E-state index contributed by atoms with van der Waals surface area (Å²) in [6, 6.07) is 5.48. The first kappa shape index (κ1) is 16.9. The number of nitrogens with one attached hydrogen (secondary N) is 2. The normalized spacial score (nSPS) is 22.9. The van der Waals surface area contributed by atoms with Crippen molar-refractivity contribution in [3.8, 4) is 17.2 Å². The van der Waals surface area contributed by atoms with Gasteiger partial charge in [-0.25, -0.2) is 0 Å². The number of aliphatic hydroxyl groups is 1. The Morgan fingerprint density at radius 1 is 1.09 bits per heavy atom. The molecular formula is C16H28N2O4+2. The number of methoxy groups -OCH3 is 2. The number of aliphatic hydroxyl groups excluding tert-OH is 1. The summed E-state index contributed by atoms with van der Waals surface area (Å²) in [4.78, 5) is 3.00. The van der Waals surface area contributed by atoms with Crippen LogP contribution in [0.3, 0.4) is 0 Å². The Hall–Kier alpha value is -1.50. The molecule has 1 fully saturated rings. The van der Waals surface area contributed by atoms with Gasteiger partial charge in [0.25, 0.3) is 0 Å². The van der Waals surface area contributed by atoms with E-state index < -0.39 is 6.10 Å². The predicted molar refractivity (Wildman–Crippen MR) is 83.2 cm³/mol. The van der Waals surface area contributed by atoms with Crippen molar-refractivity contribution in [3.05, 3.63) is 18.2 Å². The number of para-hydroxylation sites is 1. The van der Waals surface area contributed by atoms with Gasteiger partial charge in [0.2, 0.25) is 5.75 Å². The fourth-order valence-corrected chi connectivity index (χ4v) is 2.77. The first-order chi connectivity index (χ1) is 10.6. The molecule has 3 N–H and O–H groups in total. The molecule has 1 aromatic carbocycles. The van der Waals surface area contributed by atoms with Crippen LogP contribution >= 0.6 is 0 Å². The maximum absolute atomic E-state index is 10.2. The van der Waals surface area contributed by atoms with Gasteiger partial charge in [-0.1, -0.05) is 6.07 Å². The summed E-state index contributed by atoms with van der Waals surface area (Å²) in [6.45, 7) is 5.46. The molecule has 1 aliphatic rings. The van der Waals surface area contributed by atoms with Crippen LogP contribution < -0.4 is 24.0 Å². The zero-order valence-electron chi connectivity index (χ0n) is 13.7. The highest BCUT2D eigenvalue weighted by molar-refractivity contribution is 5.51. The SMILES string of the molecule is COc1cccc(OC)c1OC[C@H](O)C[NH+]1CC[NH+](C)CC1. The minimum atomic E-state index is -0.497. The molecule has 0 radical (unpaired) electrons. The second kappa shape index (κ2) is 8.22. The second-order valence-corrected chi connectivity index (χ2v) is 5.87. The fraction of sp³-hybridized carbons (Fsp3) is 0.625. The van der Waals surface area contributed by atoms with Crippen LogP contribution in [-0.4, -0.2) is 71.8 Å². The molecule has 0 aliphatic carbocycles. The van der Waals surface area contributed by atoms with Crippen molar-refractivity contribution in [2.24, 2.45) is 0 Å². The smallest absolute Gasteiger partial charge is 0.203 e. The highest BCUT2D eigenvalue weighted by Crippen LogP contribution is 2.36. The molecular weight excluding hydrogens is 284 g/mol. The van der Waals surface area contributed by atoms with E-state index in [0.717, 1.165) is 26.2 Å². The fourth-order valence-electron chi connectivity index (χ4n) is 2.77. The predicted octanol–water partition coefficient (Wildman–Crippen LogP) is -2.14. The maximum atomic E-state index is 10.2. The largest absolute Gasteiger partial charge is 0.493 e. The van der Waals surface area contributed by atoms with Gasteiger partial charge in [0.15, 0.2) is 11.5 Å². The minimum Gasteiger partial charge on any atom is -0.493 e. The molecule has 0 bridgehead atoms. The number of likely N-dealkylation sites (N-methyl/N-ethyl adjacent to an activating group) is 1. The van der Waals surface area contributed by atoms with Gasteiger partial charge < -0.3 is 29.1 Å². The van der Waals surface area contributed by atoms with Crippen molar-refractivity contribution in [1.82, 2.24) is 0 Å². The van der Waals surface area contributed by atoms with Gasteiger partial charge in [0.05, 0.1) is 21.3 Å². The summed E-state index contributed by atoms with van der Waals surface area (Å²) in [5.41, 5.74) is 0. The number of benzene rings is 1. The summed E-state index contributed by atoms with van der Waals surface area (Å²) in [5.74, 6) is 1.77. The molecule has 0 unspecified atom stereocenters. The summed E-state index contributed by atoms with van der Waals surface area (Å²) >= 11 is 0. The molecule has 1 atom stereocenters. The van der Waals surface area contributed by atoms with E-state index in [1.165, 1.54) is 4.90 Å². The standard InChI is InChI=1S/C16H26N2O4/c1-17-7-9-18(10-8-17)11-13(19)12-22-16-14(20-2)5-4-6-15(16)21-3/h4-6,13,19H,7-12H2,1-3H3/p+2/t13-/m1/s1. The van der Waals surface area contributed by atoms with Crippen molar-refractivity contribution >= 4 is 0 Å². The molecule has 1 heterocycles. The number of piperazine rings is 1. The third-order valence-corrected chi connectivity index (χ3v) is 4.14. The molecule has 6 nitrogen and oxygen atoms in total. The third kappa shape index (κ3) is 4.50. The molecule has 0 aromatic heterocycles. The molecule has 2 rings (SSSR count). The van der Waals surface area contributed by atoms with E-state index in [9.17, 15) is 5.11 Å². The van der Waals surface area contributed by atoms with Crippen LogP contribution in [0.2, 0.25) is 0 Å². The Balaban J connectivity index is 1.87. The average Bonchev–Trinajstić information content (AvgIpc) is 2.54. The van der Waals surface area contributed by atoms with Gasteiger partial charge in [-0.3, -0.25) is 0 Å². The van der Waals surface area contributed by atoms with Crippen molar-refractivity contribution in [3.63, 3.8) is 0 Å².